The van der Waals surface area contributed by atoms with Crippen molar-refractivity contribution in [2.75, 3.05) is 19.6 Å². The maximum Gasteiger partial charge on any atom is 0.223 e. The molecule has 0 radical (unpaired) electrons. The van der Waals surface area contributed by atoms with Crippen molar-refractivity contribution in [3.63, 3.8) is 0 Å². The van der Waals surface area contributed by atoms with Gasteiger partial charge in [-0.2, -0.15) is 0 Å². The summed E-state index contributed by atoms with van der Waals surface area (Å²) in [6, 6.07) is 10.7. The third-order valence-electron chi connectivity index (χ3n) is 6.48. The van der Waals surface area contributed by atoms with Crippen molar-refractivity contribution >= 4 is 5.91 Å². The van der Waals surface area contributed by atoms with Crippen LogP contribution in [0.2, 0.25) is 0 Å². The third kappa shape index (κ3) is 5.51. The number of hydrogen-bond acceptors (Lipinski definition) is 4. The summed E-state index contributed by atoms with van der Waals surface area (Å²) in [5, 5.41) is 0. The lowest BCUT2D eigenvalue weighted by molar-refractivity contribution is -0.133. The van der Waals surface area contributed by atoms with Crippen LogP contribution in [-0.2, 0) is 30.7 Å². The zero-order valence-corrected chi connectivity index (χ0v) is 18.5. The Morgan fingerprint density at radius 2 is 1.93 bits per heavy atom. The highest BCUT2D eigenvalue weighted by atomic mass is 16.4. The molecular formula is C25H35N3O2. The number of fused-ring (bicyclic) bond motifs is 1. The van der Waals surface area contributed by atoms with E-state index in [0.29, 0.717) is 24.8 Å². The second kappa shape index (κ2) is 9.78. The van der Waals surface area contributed by atoms with Crippen LogP contribution in [0.4, 0.5) is 0 Å². The fraction of sp³-hybridized carbons (Fsp3) is 0.600. The third-order valence-corrected chi connectivity index (χ3v) is 6.48. The first-order chi connectivity index (χ1) is 14.6. The summed E-state index contributed by atoms with van der Waals surface area (Å²) in [6.45, 7) is 9.00. The molecule has 3 heterocycles. The van der Waals surface area contributed by atoms with Crippen molar-refractivity contribution in [3.05, 3.63) is 53.2 Å². The molecule has 2 aliphatic rings. The van der Waals surface area contributed by atoms with Gasteiger partial charge in [0.2, 0.25) is 5.91 Å². The Morgan fingerprint density at radius 3 is 2.67 bits per heavy atom. The average Bonchev–Trinajstić information content (AvgIpc) is 3.16. The molecule has 1 amide bonds. The van der Waals surface area contributed by atoms with Gasteiger partial charge in [0.1, 0.15) is 11.5 Å². The largest absolute Gasteiger partial charge is 0.445 e. The van der Waals surface area contributed by atoms with E-state index in [-0.39, 0.29) is 5.91 Å². The highest BCUT2D eigenvalue weighted by Crippen LogP contribution is 2.26. The lowest BCUT2D eigenvalue weighted by atomic mass is 9.92. The first-order valence-electron chi connectivity index (χ1n) is 11.6. The van der Waals surface area contributed by atoms with E-state index in [4.69, 9.17) is 4.42 Å². The van der Waals surface area contributed by atoms with Crippen LogP contribution in [0.1, 0.15) is 62.4 Å². The summed E-state index contributed by atoms with van der Waals surface area (Å²) in [6.07, 6.45) is 5.67. The molecule has 1 saturated heterocycles. The Labute approximate surface area is 180 Å². The van der Waals surface area contributed by atoms with Crippen LogP contribution in [0.15, 0.2) is 34.7 Å². The number of hydrogen-bond donors (Lipinski definition) is 0. The van der Waals surface area contributed by atoms with Gasteiger partial charge in [0.25, 0.3) is 0 Å². The lowest BCUT2D eigenvalue weighted by Crippen LogP contribution is -2.39. The highest BCUT2D eigenvalue weighted by molar-refractivity contribution is 5.76. The topological polar surface area (TPSA) is 49.6 Å². The van der Waals surface area contributed by atoms with Gasteiger partial charge in [-0.05, 0) is 49.8 Å². The summed E-state index contributed by atoms with van der Waals surface area (Å²) in [5.41, 5.74) is 2.35. The number of aryl methyl sites for hydroxylation is 1. The number of carbonyl (C=O) groups is 1. The molecule has 1 aromatic carbocycles. The number of oxazole rings is 1. The first-order valence-corrected chi connectivity index (χ1v) is 11.6. The molecular weight excluding hydrogens is 374 g/mol. The average molecular weight is 410 g/mol. The molecule has 0 spiro atoms. The van der Waals surface area contributed by atoms with E-state index in [1.165, 1.54) is 5.56 Å². The smallest absolute Gasteiger partial charge is 0.223 e. The summed E-state index contributed by atoms with van der Waals surface area (Å²) in [4.78, 5) is 22.1. The number of piperidine rings is 1. The molecule has 0 N–H and O–H groups in total. The Bertz CT molecular complexity index is 822. The summed E-state index contributed by atoms with van der Waals surface area (Å²) in [7, 11) is 0. The number of amides is 1. The van der Waals surface area contributed by atoms with Crippen LogP contribution in [0.25, 0.3) is 0 Å². The minimum atomic E-state index is 0.286. The van der Waals surface area contributed by atoms with Crippen LogP contribution in [0, 0.1) is 11.8 Å². The van der Waals surface area contributed by atoms with Gasteiger partial charge >= 0.3 is 0 Å². The van der Waals surface area contributed by atoms with Crippen LogP contribution in [-0.4, -0.2) is 40.3 Å². The predicted octanol–water partition coefficient (Wildman–Crippen LogP) is 4.45. The summed E-state index contributed by atoms with van der Waals surface area (Å²) >= 11 is 0. The van der Waals surface area contributed by atoms with Gasteiger partial charge < -0.3 is 9.32 Å². The van der Waals surface area contributed by atoms with Crippen molar-refractivity contribution in [1.82, 2.24) is 14.8 Å². The molecule has 0 bridgehead atoms. The van der Waals surface area contributed by atoms with E-state index in [1.54, 1.807) is 0 Å². The van der Waals surface area contributed by atoms with Gasteiger partial charge in [-0.1, -0.05) is 44.2 Å². The zero-order chi connectivity index (χ0) is 20.9. The molecule has 1 fully saturated rings. The number of nitrogens with zero attached hydrogens (tertiary/aromatic N) is 3. The van der Waals surface area contributed by atoms with Gasteiger partial charge in [0.15, 0.2) is 5.89 Å². The van der Waals surface area contributed by atoms with E-state index in [2.05, 4.69) is 54.1 Å². The van der Waals surface area contributed by atoms with E-state index < -0.39 is 0 Å². The van der Waals surface area contributed by atoms with E-state index in [0.717, 1.165) is 75.6 Å². The molecule has 1 aromatic heterocycles. The Hall–Kier alpha value is -2.14. The Morgan fingerprint density at radius 1 is 1.17 bits per heavy atom. The summed E-state index contributed by atoms with van der Waals surface area (Å²) < 4.78 is 5.94. The van der Waals surface area contributed by atoms with Crippen LogP contribution in [0.5, 0.6) is 0 Å². The molecule has 0 aliphatic carbocycles. The van der Waals surface area contributed by atoms with Crippen molar-refractivity contribution in [2.45, 2.75) is 65.5 Å². The van der Waals surface area contributed by atoms with E-state index in [9.17, 15) is 4.79 Å². The SMILES string of the molecule is CC(C)CCc1nc2c(o1)CCN(C(=O)CC1CCN(Cc3ccccc3)CC1)C2. The fourth-order valence-electron chi connectivity index (χ4n) is 4.55. The normalized spacial score (nSPS) is 18.0. The first kappa shape index (κ1) is 21.1. The van der Waals surface area contributed by atoms with Crippen molar-refractivity contribution < 1.29 is 9.21 Å². The minimum Gasteiger partial charge on any atom is -0.445 e. The molecule has 0 saturated carbocycles. The van der Waals surface area contributed by atoms with Crippen molar-refractivity contribution in [1.29, 1.82) is 0 Å². The Kier molecular flexibility index (Phi) is 6.88. The summed E-state index contributed by atoms with van der Waals surface area (Å²) in [5.74, 6) is 3.27. The molecule has 0 atom stereocenters. The monoisotopic (exact) mass is 409 g/mol. The van der Waals surface area contributed by atoms with E-state index >= 15 is 0 Å². The minimum absolute atomic E-state index is 0.286. The van der Waals surface area contributed by atoms with Crippen molar-refractivity contribution in [3.8, 4) is 0 Å². The van der Waals surface area contributed by atoms with Crippen LogP contribution >= 0.6 is 0 Å². The second-order valence-corrected chi connectivity index (χ2v) is 9.38. The second-order valence-electron chi connectivity index (χ2n) is 9.38. The number of benzene rings is 1. The lowest BCUT2D eigenvalue weighted by Gasteiger charge is -2.33. The highest BCUT2D eigenvalue weighted by Gasteiger charge is 2.28. The molecule has 0 unspecified atom stereocenters. The van der Waals surface area contributed by atoms with Gasteiger partial charge in [0.05, 0.1) is 6.54 Å². The quantitative estimate of drug-likeness (QED) is 0.678. The number of rotatable bonds is 7. The molecule has 5 heteroatoms. The molecule has 2 aliphatic heterocycles. The zero-order valence-electron chi connectivity index (χ0n) is 18.5. The van der Waals surface area contributed by atoms with E-state index in [1.807, 2.05) is 4.90 Å². The number of carbonyl (C=O) groups excluding carboxylic acids is 1. The molecule has 5 nitrogen and oxygen atoms in total. The van der Waals surface area contributed by atoms with Gasteiger partial charge in [-0.25, -0.2) is 4.98 Å². The Balaban J connectivity index is 1.23. The van der Waals surface area contributed by atoms with Gasteiger partial charge in [0, 0.05) is 32.4 Å². The van der Waals surface area contributed by atoms with Crippen molar-refractivity contribution in [2.24, 2.45) is 11.8 Å². The molecule has 2 aromatic rings. The molecule has 4 rings (SSSR count). The standard InChI is InChI=1S/C25H35N3O2/c1-19(2)8-9-24-26-22-18-28(15-12-23(22)30-24)25(29)16-20-10-13-27(14-11-20)17-21-6-4-3-5-7-21/h3-7,19-20H,8-18H2,1-2H3. The molecule has 162 valence electrons. The van der Waals surface area contributed by atoms with Gasteiger partial charge in [-0.15, -0.1) is 0 Å². The van der Waals surface area contributed by atoms with Crippen LogP contribution < -0.4 is 0 Å². The number of aromatic nitrogens is 1. The van der Waals surface area contributed by atoms with Crippen LogP contribution in [0.3, 0.4) is 0 Å². The van der Waals surface area contributed by atoms with Gasteiger partial charge in [-0.3, -0.25) is 9.69 Å². The predicted molar refractivity (Wildman–Crippen MR) is 118 cm³/mol. The molecule has 30 heavy (non-hydrogen) atoms. The number of likely N-dealkylation sites (tertiary alicyclic amines) is 1. The maximum absolute atomic E-state index is 12.9. The maximum atomic E-state index is 12.9. The fourth-order valence-corrected chi connectivity index (χ4v) is 4.55.